The summed E-state index contributed by atoms with van der Waals surface area (Å²) < 4.78 is 9.94. The molecule has 2 rings (SSSR count). The second-order valence-electron chi connectivity index (χ2n) is 5.39. The van der Waals surface area contributed by atoms with Gasteiger partial charge >= 0.3 is 5.97 Å². The van der Waals surface area contributed by atoms with E-state index in [1.807, 2.05) is 0 Å². The molecule has 2 aromatic carbocycles. The molecule has 0 atom stereocenters. The lowest BCUT2D eigenvalue weighted by molar-refractivity contribution is -0.384. The Morgan fingerprint density at radius 2 is 1.93 bits per heavy atom. The first-order valence-electron chi connectivity index (χ1n) is 8.06. The first kappa shape index (κ1) is 19.7. The monoisotopic (exact) mass is 373 g/mol. The molecule has 0 spiro atoms. The van der Waals surface area contributed by atoms with Crippen molar-refractivity contribution >= 4 is 28.9 Å². The van der Waals surface area contributed by atoms with E-state index in [1.165, 1.54) is 13.2 Å². The van der Waals surface area contributed by atoms with E-state index in [0.717, 1.165) is 0 Å². The van der Waals surface area contributed by atoms with Crippen LogP contribution in [0.15, 0.2) is 48.5 Å². The second-order valence-corrected chi connectivity index (χ2v) is 5.39. The Bertz CT molecular complexity index is 824. The number of ether oxygens (including phenoxy) is 2. The van der Waals surface area contributed by atoms with Crippen molar-refractivity contribution in [3.8, 4) is 5.75 Å². The molecule has 0 fully saturated rings. The van der Waals surface area contributed by atoms with Crippen molar-refractivity contribution < 1.29 is 24.0 Å². The number of hydrogen-bond donors (Lipinski definition) is 2. The van der Waals surface area contributed by atoms with Crippen LogP contribution in [0.25, 0.3) is 0 Å². The van der Waals surface area contributed by atoms with Crippen molar-refractivity contribution in [2.75, 3.05) is 30.9 Å². The topological polar surface area (TPSA) is 120 Å². The van der Waals surface area contributed by atoms with E-state index in [2.05, 4.69) is 10.6 Å². The van der Waals surface area contributed by atoms with Gasteiger partial charge in [-0.3, -0.25) is 19.7 Å². The zero-order valence-electron chi connectivity index (χ0n) is 14.6. The number of carbonyl (C=O) groups excluding carboxylic acids is 2. The molecule has 0 radical (unpaired) electrons. The van der Waals surface area contributed by atoms with E-state index in [1.54, 1.807) is 42.5 Å². The standard InChI is InChI=1S/C18H19N3O6/c1-26-14-6-4-5-13(11-14)20-17(22)12-27-18(23)9-10-19-15-7-2-3-8-16(15)21(24)25/h2-8,11,19H,9-10,12H2,1H3,(H,20,22). The molecule has 0 heterocycles. The lowest BCUT2D eigenvalue weighted by Crippen LogP contribution is -2.22. The molecule has 1 amide bonds. The molecule has 0 aliphatic heterocycles. The van der Waals surface area contributed by atoms with Gasteiger partial charge in [0.05, 0.1) is 18.5 Å². The molecule has 9 heteroatoms. The fourth-order valence-electron chi connectivity index (χ4n) is 2.20. The maximum atomic E-state index is 11.8. The summed E-state index contributed by atoms with van der Waals surface area (Å²) in [5.41, 5.74) is 0.753. The molecular formula is C18H19N3O6. The Balaban J connectivity index is 1.73. The van der Waals surface area contributed by atoms with Gasteiger partial charge in [-0.25, -0.2) is 0 Å². The fourth-order valence-corrected chi connectivity index (χ4v) is 2.20. The summed E-state index contributed by atoms with van der Waals surface area (Å²) in [6.45, 7) is -0.289. The maximum Gasteiger partial charge on any atom is 0.308 e. The van der Waals surface area contributed by atoms with E-state index in [-0.39, 0.29) is 18.7 Å². The van der Waals surface area contributed by atoms with E-state index >= 15 is 0 Å². The van der Waals surface area contributed by atoms with Gasteiger partial charge in [0.1, 0.15) is 11.4 Å². The summed E-state index contributed by atoms with van der Waals surface area (Å²) in [4.78, 5) is 33.9. The highest BCUT2D eigenvalue weighted by Gasteiger charge is 2.13. The number of nitro groups is 1. The minimum Gasteiger partial charge on any atom is -0.497 e. The second kappa shape index (κ2) is 9.76. The number of hydrogen-bond acceptors (Lipinski definition) is 7. The third-order valence-electron chi connectivity index (χ3n) is 3.46. The summed E-state index contributed by atoms with van der Waals surface area (Å²) in [6.07, 6.45) is -0.0432. The zero-order chi connectivity index (χ0) is 19.6. The van der Waals surface area contributed by atoms with Crippen LogP contribution in [0.5, 0.6) is 5.75 Å². The molecule has 2 aromatic rings. The Morgan fingerprint density at radius 3 is 2.67 bits per heavy atom. The van der Waals surface area contributed by atoms with Crippen LogP contribution in [0.3, 0.4) is 0 Å². The van der Waals surface area contributed by atoms with Crippen molar-refractivity contribution in [3.63, 3.8) is 0 Å². The number of para-hydroxylation sites is 2. The smallest absolute Gasteiger partial charge is 0.308 e. The largest absolute Gasteiger partial charge is 0.497 e. The van der Waals surface area contributed by atoms with Gasteiger partial charge in [0.2, 0.25) is 0 Å². The zero-order valence-corrected chi connectivity index (χ0v) is 14.6. The Morgan fingerprint density at radius 1 is 1.15 bits per heavy atom. The highest BCUT2D eigenvalue weighted by molar-refractivity contribution is 5.93. The number of carbonyl (C=O) groups is 2. The van der Waals surface area contributed by atoms with Crippen molar-refractivity contribution in [1.82, 2.24) is 0 Å². The minimum absolute atomic E-state index is 0.0432. The number of nitro benzene ring substituents is 1. The molecule has 2 N–H and O–H groups in total. The average Bonchev–Trinajstić information content (AvgIpc) is 2.67. The van der Waals surface area contributed by atoms with Crippen LogP contribution in [0.1, 0.15) is 6.42 Å². The van der Waals surface area contributed by atoms with Crippen LogP contribution in [-0.2, 0) is 14.3 Å². The molecule has 9 nitrogen and oxygen atoms in total. The summed E-state index contributed by atoms with van der Waals surface area (Å²) in [6, 6.07) is 12.9. The molecule has 27 heavy (non-hydrogen) atoms. The highest BCUT2D eigenvalue weighted by atomic mass is 16.6. The SMILES string of the molecule is COc1cccc(NC(=O)COC(=O)CCNc2ccccc2[N+](=O)[O-])c1. The molecule has 0 saturated heterocycles. The molecule has 0 aliphatic carbocycles. The van der Waals surface area contributed by atoms with Crippen LogP contribution in [0.4, 0.5) is 17.1 Å². The quantitative estimate of drug-likeness (QED) is 0.394. The van der Waals surface area contributed by atoms with Gasteiger partial charge in [-0.05, 0) is 18.2 Å². The van der Waals surface area contributed by atoms with E-state index < -0.39 is 23.4 Å². The summed E-state index contributed by atoms with van der Waals surface area (Å²) >= 11 is 0. The minimum atomic E-state index is -0.595. The van der Waals surface area contributed by atoms with Crippen LogP contribution in [0.2, 0.25) is 0 Å². The third kappa shape index (κ3) is 6.31. The summed E-state index contributed by atoms with van der Waals surface area (Å²) in [5, 5.41) is 16.3. The summed E-state index contributed by atoms with van der Waals surface area (Å²) in [7, 11) is 1.51. The first-order chi connectivity index (χ1) is 13.0. The third-order valence-corrected chi connectivity index (χ3v) is 3.46. The van der Waals surface area contributed by atoms with Crippen molar-refractivity contribution in [2.45, 2.75) is 6.42 Å². The average molecular weight is 373 g/mol. The predicted octanol–water partition coefficient (Wildman–Crippen LogP) is 2.59. The van der Waals surface area contributed by atoms with Crippen molar-refractivity contribution in [1.29, 1.82) is 0 Å². The molecule has 0 aromatic heterocycles. The van der Waals surface area contributed by atoms with E-state index in [9.17, 15) is 19.7 Å². The van der Waals surface area contributed by atoms with Gasteiger partial charge in [-0.1, -0.05) is 18.2 Å². The Labute approximate surface area is 155 Å². The molecule has 0 saturated carbocycles. The van der Waals surface area contributed by atoms with E-state index in [0.29, 0.717) is 17.1 Å². The number of nitrogens with one attached hydrogen (secondary N) is 2. The van der Waals surface area contributed by atoms with Crippen LogP contribution < -0.4 is 15.4 Å². The highest BCUT2D eigenvalue weighted by Crippen LogP contribution is 2.22. The van der Waals surface area contributed by atoms with E-state index in [4.69, 9.17) is 9.47 Å². The molecular weight excluding hydrogens is 354 g/mol. The van der Waals surface area contributed by atoms with Gasteiger partial charge in [0.25, 0.3) is 11.6 Å². The maximum absolute atomic E-state index is 11.8. The van der Waals surface area contributed by atoms with Crippen LogP contribution in [0, 0.1) is 10.1 Å². The number of rotatable bonds is 9. The van der Waals surface area contributed by atoms with Crippen molar-refractivity contribution in [3.05, 3.63) is 58.6 Å². The van der Waals surface area contributed by atoms with Crippen molar-refractivity contribution in [2.24, 2.45) is 0 Å². The predicted molar refractivity (Wildman–Crippen MR) is 98.8 cm³/mol. The number of esters is 1. The number of benzene rings is 2. The number of amides is 1. The van der Waals surface area contributed by atoms with Crippen LogP contribution in [-0.4, -0.2) is 37.1 Å². The van der Waals surface area contributed by atoms with Gasteiger partial charge in [0, 0.05) is 24.4 Å². The lowest BCUT2D eigenvalue weighted by atomic mass is 10.2. The van der Waals surface area contributed by atoms with Gasteiger partial charge < -0.3 is 20.1 Å². The molecule has 0 unspecified atom stereocenters. The van der Waals surface area contributed by atoms with Gasteiger partial charge in [-0.2, -0.15) is 0 Å². The first-order valence-corrected chi connectivity index (χ1v) is 8.06. The number of methoxy groups -OCH3 is 1. The summed E-state index contributed by atoms with van der Waals surface area (Å²) in [5.74, 6) is -0.490. The van der Waals surface area contributed by atoms with Crippen LogP contribution >= 0.6 is 0 Å². The number of nitrogens with zero attached hydrogens (tertiary/aromatic N) is 1. The number of anilines is 2. The normalized spacial score (nSPS) is 9.96. The fraction of sp³-hybridized carbons (Fsp3) is 0.222. The van der Waals surface area contributed by atoms with Gasteiger partial charge in [0.15, 0.2) is 6.61 Å². The molecule has 0 aliphatic rings. The Kier molecular flexibility index (Phi) is 7.12. The molecule has 142 valence electrons. The lowest BCUT2D eigenvalue weighted by Gasteiger charge is -2.09. The Hall–Kier alpha value is -3.62. The van der Waals surface area contributed by atoms with Gasteiger partial charge in [-0.15, -0.1) is 0 Å². The molecule has 0 bridgehead atoms.